The van der Waals surface area contributed by atoms with E-state index < -0.39 is 11.6 Å². The van der Waals surface area contributed by atoms with Crippen LogP contribution >= 0.6 is 11.6 Å². The minimum Gasteiger partial charge on any atom is -0.491 e. The van der Waals surface area contributed by atoms with Gasteiger partial charge in [-0.15, -0.1) is 0 Å². The normalized spacial score (nSPS) is 21.5. The van der Waals surface area contributed by atoms with E-state index in [0.717, 1.165) is 12.1 Å². The number of carbonyl (C=O) groups excluding carboxylic acids is 3. The number of fused-ring (bicyclic) bond motifs is 3. The summed E-state index contributed by atoms with van der Waals surface area (Å²) in [7, 11) is 0. The number of piperazine rings is 1. The molecule has 2 saturated heterocycles. The number of urea groups is 1. The Balaban J connectivity index is 1.56. The van der Waals surface area contributed by atoms with E-state index >= 15 is 0 Å². The van der Waals surface area contributed by atoms with Gasteiger partial charge in [0.1, 0.15) is 11.4 Å². The largest absolute Gasteiger partial charge is 0.491 e. The molecule has 0 aromatic heterocycles. The Hall–Kier alpha value is -2.68. The van der Waals surface area contributed by atoms with Gasteiger partial charge >= 0.3 is 12.1 Å². The van der Waals surface area contributed by atoms with Gasteiger partial charge in [-0.05, 0) is 26.8 Å². The van der Waals surface area contributed by atoms with Crippen molar-refractivity contribution in [1.82, 2.24) is 10.2 Å². The van der Waals surface area contributed by atoms with Crippen LogP contribution in [0.2, 0.25) is 5.02 Å². The van der Waals surface area contributed by atoms with E-state index in [1.54, 1.807) is 17.0 Å². The van der Waals surface area contributed by atoms with Crippen LogP contribution in [0.4, 0.5) is 21.0 Å². The highest BCUT2D eigenvalue weighted by molar-refractivity contribution is 6.34. The molecular formula is C21H27ClN4O5. The van der Waals surface area contributed by atoms with E-state index in [2.05, 4.69) is 10.2 Å². The van der Waals surface area contributed by atoms with Gasteiger partial charge in [-0.25, -0.2) is 9.59 Å². The number of hydrogen-bond acceptors (Lipinski definition) is 6. The number of ether oxygens (including phenoxy) is 2. The third-order valence-electron chi connectivity index (χ3n) is 5.53. The summed E-state index contributed by atoms with van der Waals surface area (Å²) in [5.41, 5.74) is 0.813. The number of hydrogen-bond donors (Lipinski definition) is 1. The summed E-state index contributed by atoms with van der Waals surface area (Å²) in [6.45, 7) is 7.99. The average molecular weight is 451 g/mol. The van der Waals surface area contributed by atoms with Gasteiger partial charge in [0.25, 0.3) is 0 Å². The first-order valence-electron chi connectivity index (χ1n) is 10.4. The predicted octanol–water partition coefficient (Wildman–Crippen LogP) is 2.99. The molecule has 168 valence electrons. The SMILES string of the molecule is CC(C)(C)OC(=O)N1CCN2c3cc(Cl)c(N4CCC(=O)NC4=O)cc3OCC[C@H]2C1. The molecule has 4 rings (SSSR count). The van der Waals surface area contributed by atoms with Gasteiger partial charge in [0.05, 0.1) is 29.0 Å². The van der Waals surface area contributed by atoms with Crippen LogP contribution in [-0.2, 0) is 9.53 Å². The molecule has 10 heteroatoms. The van der Waals surface area contributed by atoms with Crippen molar-refractivity contribution in [1.29, 1.82) is 0 Å². The molecule has 4 amide bonds. The van der Waals surface area contributed by atoms with Crippen molar-refractivity contribution in [3.8, 4) is 5.75 Å². The first-order chi connectivity index (χ1) is 14.6. The lowest BCUT2D eigenvalue weighted by atomic mass is 10.1. The molecule has 31 heavy (non-hydrogen) atoms. The van der Waals surface area contributed by atoms with Gasteiger partial charge in [0.2, 0.25) is 5.91 Å². The maximum atomic E-state index is 12.5. The smallest absolute Gasteiger partial charge is 0.410 e. The Morgan fingerprint density at radius 2 is 1.97 bits per heavy atom. The lowest BCUT2D eigenvalue weighted by molar-refractivity contribution is -0.120. The average Bonchev–Trinajstić information content (AvgIpc) is 2.85. The van der Waals surface area contributed by atoms with Crippen LogP contribution in [-0.4, -0.2) is 67.4 Å². The van der Waals surface area contributed by atoms with E-state index in [1.807, 2.05) is 20.8 Å². The Bertz CT molecular complexity index is 916. The maximum absolute atomic E-state index is 12.5. The zero-order valence-electron chi connectivity index (χ0n) is 17.9. The molecular weight excluding hydrogens is 424 g/mol. The van der Waals surface area contributed by atoms with Crippen molar-refractivity contribution in [3.63, 3.8) is 0 Å². The number of benzene rings is 1. The summed E-state index contributed by atoms with van der Waals surface area (Å²) in [5.74, 6) is 0.339. The second-order valence-corrected chi connectivity index (χ2v) is 9.34. The van der Waals surface area contributed by atoms with Crippen LogP contribution in [0.25, 0.3) is 0 Å². The molecule has 0 spiro atoms. The molecule has 1 N–H and O–H groups in total. The minimum absolute atomic E-state index is 0.0698. The highest BCUT2D eigenvalue weighted by Crippen LogP contribution is 2.42. The molecule has 0 bridgehead atoms. The topological polar surface area (TPSA) is 91.4 Å². The molecule has 0 radical (unpaired) electrons. The highest BCUT2D eigenvalue weighted by Gasteiger charge is 2.36. The molecule has 3 aliphatic rings. The van der Waals surface area contributed by atoms with E-state index in [-0.39, 0.29) is 31.0 Å². The third-order valence-corrected chi connectivity index (χ3v) is 5.83. The van der Waals surface area contributed by atoms with Crippen molar-refractivity contribution in [2.45, 2.75) is 45.3 Å². The maximum Gasteiger partial charge on any atom is 0.410 e. The molecule has 3 heterocycles. The van der Waals surface area contributed by atoms with Crippen molar-refractivity contribution < 1.29 is 23.9 Å². The summed E-state index contributed by atoms with van der Waals surface area (Å²) in [6.07, 6.45) is 0.644. The van der Waals surface area contributed by atoms with Crippen molar-refractivity contribution in [2.75, 3.05) is 42.6 Å². The number of halogens is 1. The number of anilines is 2. The van der Waals surface area contributed by atoms with Crippen LogP contribution in [0.5, 0.6) is 5.75 Å². The first kappa shape index (κ1) is 21.5. The van der Waals surface area contributed by atoms with Crippen LogP contribution in [0.15, 0.2) is 12.1 Å². The standard InChI is InChI=1S/C21H27ClN4O5/c1-21(2,3)31-20(29)24-7-8-25-13(12-24)5-9-30-17-11-15(14(22)10-16(17)25)26-6-4-18(27)23-19(26)28/h10-11,13H,4-9,12H2,1-3H3,(H,23,27,28)/t13-/m0/s1. The van der Waals surface area contributed by atoms with Crippen molar-refractivity contribution >= 4 is 41.0 Å². The summed E-state index contributed by atoms with van der Waals surface area (Å²) < 4.78 is 11.5. The van der Waals surface area contributed by atoms with E-state index in [9.17, 15) is 14.4 Å². The predicted molar refractivity (Wildman–Crippen MR) is 116 cm³/mol. The highest BCUT2D eigenvalue weighted by atomic mass is 35.5. The third kappa shape index (κ3) is 4.51. The van der Waals surface area contributed by atoms with Crippen molar-refractivity contribution in [3.05, 3.63) is 17.2 Å². The number of nitrogens with one attached hydrogen (secondary N) is 1. The molecule has 1 aromatic rings. The molecule has 1 atom stereocenters. The zero-order valence-corrected chi connectivity index (χ0v) is 18.7. The van der Waals surface area contributed by atoms with Gasteiger partial charge in [-0.3, -0.25) is 15.0 Å². The minimum atomic E-state index is -0.539. The lowest BCUT2D eigenvalue weighted by Gasteiger charge is -2.42. The van der Waals surface area contributed by atoms with Crippen LogP contribution in [0.1, 0.15) is 33.6 Å². The number of amides is 4. The number of imide groups is 1. The number of nitrogens with zero attached hydrogens (tertiary/aromatic N) is 3. The number of carbonyl (C=O) groups is 3. The van der Waals surface area contributed by atoms with Gasteiger partial charge in [0, 0.05) is 45.1 Å². The Morgan fingerprint density at radius 3 is 2.68 bits per heavy atom. The molecule has 1 aromatic carbocycles. The summed E-state index contributed by atoms with van der Waals surface area (Å²) in [5, 5.41) is 2.72. The molecule has 0 saturated carbocycles. The van der Waals surface area contributed by atoms with Crippen LogP contribution in [0, 0.1) is 0 Å². The fraction of sp³-hybridized carbons (Fsp3) is 0.571. The first-order valence-corrected chi connectivity index (χ1v) is 10.8. The van der Waals surface area contributed by atoms with Gasteiger partial charge in [-0.1, -0.05) is 11.6 Å². The zero-order chi connectivity index (χ0) is 22.3. The van der Waals surface area contributed by atoms with Crippen molar-refractivity contribution in [2.24, 2.45) is 0 Å². The second kappa shape index (κ2) is 8.11. The Kier molecular flexibility index (Phi) is 5.63. The molecule has 3 aliphatic heterocycles. The van der Waals surface area contributed by atoms with Crippen LogP contribution < -0.4 is 19.9 Å². The van der Waals surface area contributed by atoms with Gasteiger partial charge in [0.15, 0.2) is 0 Å². The molecule has 0 unspecified atom stereocenters. The van der Waals surface area contributed by atoms with Gasteiger partial charge < -0.3 is 19.3 Å². The lowest BCUT2D eigenvalue weighted by Crippen LogP contribution is -2.55. The monoisotopic (exact) mass is 450 g/mol. The number of rotatable bonds is 1. The second-order valence-electron chi connectivity index (χ2n) is 8.94. The quantitative estimate of drug-likeness (QED) is 0.707. The van der Waals surface area contributed by atoms with Crippen LogP contribution in [0.3, 0.4) is 0 Å². The van der Waals surface area contributed by atoms with Gasteiger partial charge in [-0.2, -0.15) is 0 Å². The summed E-state index contributed by atoms with van der Waals surface area (Å²) >= 11 is 6.56. The Morgan fingerprint density at radius 1 is 1.19 bits per heavy atom. The molecule has 2 fully saturated rings. The fourth-order valence-corrected chi connectivity index (χ4v) is 4.35. The summed E-state index contributed by atoms with van der Waals surface area (Å²) in [6, 6.07) is 3.14. The Labute approximate surface area is 186 Å². The van der Waals surface area contributed by atoms with E-state index in [1.165, 1.54) is 4.90 Å². The fourth-order valence-electron chi connectivity index (χ4n) is 4.09. The van der Waals surface area contributed by atoms with E-state index in [0.29, 0.717) is 42.7 Å². The molecule has 9 nitrogen and oxygen atoms in total. The van der Waals surface area contributed by atoms with E-state index in [4.69, 9.17) is 21.1 Å². The molecule has 0 aliphatic carbocycles. The summed E-state index contributed by atoms with van der Waals surface area (Å²) in [4.78, 5) is 41.6.